The molecule has 0 aromatic heterocycles. The summed E-state index contributed by atoms with van der Waals surface area (Å²) >= 11 is 0. The largest absolute Gasteiger partial charge is 0.355 e. The van der Waals surface area contributed by atoms with E-state index in [1.165, 1.54) is 5.56 Å². The Morgan fingerprint density at radius 1 is 1.43 bits per heavy atom. The Morgan fingerprint density at radius 3 is 2.81 bits per heavy atom. The van der Waals surface area contributed by atoms with Gasteiger partial charge in [-0.2, -0.15) is 0 Å². The molecule has 21 heavy (non-hydrogen) atoms. The van der Waals surface area contributed by atoms with E-state index in [9.17, 15) is 9.00 Å². The third kappa shape index (κ3) is 5.25. The Kier molecular flexibility index (Phi) is 6.39. The third-order valence-corrected chi connectivity index (χ3v) is 5.12. The molecule has 1 aromatic rings. The quantitative estimate of drug-likeness (QED) is 0.797. The average Bonchev–Trinajstić information content (AvgIpc) is 2.98. The van der Waals surface area contributed by atoms with Crippen molar-refractivity contribution in [1.82, 2.24) is 10.6 Å². The summed E-state index contributed by atoms with van der Waals surface area (Å²) in [6, 6.07) is 10.4. The summed E-state index contributed by atoms with van der Waals surface area (Å²) in [5.41, 5.74) is 1.20. The van der Waals surface area contributed by atoms with Gasteiger partial charge in [-0.1, -0.05) is 30.3 Å². The van der Waals surface area contributed by atoms with Crippen molar-refractivity contribution in [3.63, 3.8) is 0 Å². The maximum Gasteiger partial charge on any atom is 0.235 e. The van der Waals surface area contributed by atoms with Gasteiger partial charge in [0.25, 0.3) is 0 Å². The zero-order valence-corrected chi connectivity index (χ0v) is 13.3. The predicted octanol–water partition coefficient (Wildman–Crippen LogP) is 1.23. The fourth-order valence-electron chi connectivity index (χ4n) is 2.70. The first-order valence-electron chi connectivity index (χ1n) is 7.54. The Balaban J connectivity index is 1.79. The van der Waals surface area contributed by atoms with E-state index in [-0.39, 0.29) is 5.91 Å². The van der Waals surface area contributed by atoms with E-state index in [1.54, 1.807) is 6.26 Å². The van der Waals surface area contributed by atoms with Crippen molar-refractivity contribution in [1.29, 1.82) is 0 Å². The van der Waals surface area contributed by atoms with Crippen molar-refractivity contribution in [2.45, 2.75) is 37.0 Å². The molecule has 0 bridgehead atoms. The van der Waals surface area contributed by atoms with Crippen molar-refractivity contribution in [2.75, 3.05) is 19.3 Å². The van der Waals surface area contributed by atoms with Gasteiger partial charge in [0.05, 0.1) is 0 Å². The molecule has 2 rings (SSSR count). The van der Waals surface area contributed by atoms with Gasteiger partial charge in [0.15, 0.2) is 0 Å². The van der Waals surface area contributed by atoms with Crippen molar-refractivity contribution in [3.05, 3.63) is 35.9 Å². The van der Waals surface area contributed by atoms with Crippen LogP contribution in [0.25, 0.3) is 0 Å². The molecule has 1 amide bonds. The van der Waals surface area contributed by atoms with Crippen LogP contribution in [0.1, 0.15) is 24.8 Å². The summed E-state index contributed by atoms with van der Waals surface area (Å²) in [5, 5.41) is 5.88. The van der Waals surface area contributed by atoms with Gasteiger partial charge in [0.2, 0.25) is 5.91 Å². The molecular weight excluding hydrogens is 284 g/mol. The molecule has 0 aliphatic carbocycles. The van der Waals surface area contributed by atoms with Crippen LogP contribution in [0.5, 0.6) is 0 Å². The zero-order chi connectivity index (χ0) is 15.1. The lowest BCUT2D eigenvalue weighted by atomic mass is 10.1. The van der Waals surface area contributed by atoms with Crippen LogP contribution in [-0.2, 0) is 22.0 Å². The third-order valence-electron chi connectivity index (χ3n) is 3.91. The van der Waals surface area contributed by atoms with Crippen LogP contribution >= 0.6 is 0 Å². The highest BCUT2D eigenvalue weighted by molar-refractivity contribution is 7.85. The van der Waals surface area contributed by atoms with Gasteiger partial charge in [0.1, 0.15) is 5.25 Å². The molecule has 1 heterocycles. The molecule has 3 atom stereocenters. The van der Waals surface area contributed by atoms with Crippen molar-refractivity contribution in [3.8, 4) is 0 Å². The molecule has 3 unspecified atom stereocenters. The maximum atomic E-state index is 12.2. The fourth-order valence-corrected chi connectivity index (χ4v) is 3.59. The van der Waals surface area contributed by atoms with E-state index >= 15 is 0 Å². The van der Waals surface area contributed by atoms with Gasteiger partial charge >= 0.3 is 0 Å². The Labute approximate surface area is 129 Å². The number of amides is 1. The minimum Gasteiger partial charge on any atom is -0.355 e. The monoisotopic (exact) mass is 308 g/mol. The summed E-state index contributed by atoms with van der Waals surface area (Å²) in [6.07, 6.45) is 5.31. The molecule has 2 N–H and O–H groups in total. The highest BCUT2D eigenvalue weighted by atomic mass is 32.2. The summed E-state index contributed by atoms with van der Waals surface area (Å²) in [4.78, 5) is 12.2. The Hall–Kier alpha value is -1.20. The van der Waals surface area contributed by atoms with Crippen LogP contribution in [0.15, 0.2) is 30.3 Å². The normalized spacial score (nSPS) is 20.9. The molecule has 0 saturated carbocycles. The first-order chi connectivity index (χ1) is 10.2. The second-order valence-electron chi connectivity index (χ2n) is 5.54. The molecule has 1 aliphatic rings. The molecule has 1 saturated heterocycles. The minimum atomic E-state index is -1.13. The minimum absolute atomic E-state index is 0.0829. The van der Waals surface area contributed by atoms with Crippen LogP contribution < -0.4 is 10.6 Å². The standard InChI is InChI=1S/C16H24N2O2S/c1-21(20)15(12-14-8-5-10-17-14)16(19)18-11-9-13-6-3-2-4-7-13/h2-4,6-7,14-15,17H,5,8-12H2,1H3,(H,18,19). The summed E-state index contributed by atoms with van der Waals surface area (Å²) in [6.45, 7) is 1.60. The van der Waals surface area contributed by atoms with Crippen molar-refractivity contribution < 1.29 is 9.00 Å². The molecule has 5 heteroatoms. The van der Waals surface area contributed by atoms with E-state index in [0.717, 1.165) is 25.8 Å². The van der Waals surface area contributed by atoms with E-state index in [2.05, 4.69) is 10.6 Å². The summed E-state index contributed by atoms with van der Waals surface area (Å²) < 4.78 is 11.8. The Bertz CT molecular complexity index is 472. The van der Waals surface area contributed by atoms with Crippen molar-refractivity contribution >= 4 is 16.7 Å². The lowest BCUT2D eigenvalue weighted by molar-refractivity contribution is -0.120. The molecule has 4 nitrogen and oxygen atoms in total. The molecule has 1 fully saturated rings. The van der Waals surface area contributed by atoms with Gasteiger partial charge in [-0.15, -0.1) is 0 Å². The summed E-state index contributed by atoms with van der Waals surface area (Å²) in [5.74, 6) is -0.0829. The Morgan fingerprint density at radius 2 is 2.19 bits per heavy atom. The number of nitrogens with one attached hydrogen (secondary N) is 2. The number of rotatable bonds is 7. The van der Waals surface area contributed by atoms with Gasteiger partial charge < -0.3 is 10.6 Å². The topological polar surface area (TPSA) is 58.2 Å². The van der Waals surface area contributed by atoms with Crippen LogP contribution in [0, 0.1) is 0 Å². The van der Waals surface area contributed by atoms with Gasteiger partial charge in [-0.05, 0) is 37.8 Å². The first-order valence-corrected chi connectivity index (χ1v) is 9.16. The van der Waals surface area contributed by atoms with Crippen LogP contribution in [0.3, 0.4) is 0 Å². The molecule has 1 aromatic carbocycles. The van der Waals surface area contributed by atoms with Crippen LogP contribution in [-0.4, -0.2) is 40.8 Å². The van der Waals surface area contributed by atoms with E-state index in [1.807, 2.05) is 30.3 Å². The van der Waals surface area contributed by atoms with Gasteiger partial charge in [0, 0.05) is 29.6 Å². The van der Waals surface area contributed by atoms with Gasteiger partial charge in [-0.3, -0.25) is 9.00 Å². The number of carbonyl (C=O) groups is 1. The molecule has 0 spiro atoms. The van der Waals surface area contributed by atoms with Crippen LogP contribution in [0.4, 0.5) is 0 Å². The SMILES string of the molecule is CS(=O)C(CC1CCCN1)C(=O)NCCc1ccccc1. The van der Waals surface area contributed by atoms with E-state index < -0.39 is 16.0 Å². The second kappa shape index (κ2) is 8.29. The molecule has 0 radical (unpaired) electrons. The second-order valence-corrected chi connectivity index (χ2v) is 7.11. The van der Waals surface area contributed by atoms with E-state index in [4.69, 9.17) is 0 Å². The molecular formula is C16H24N2O2S. The zero-order valence-electron chi connectivity index (χ0n) is 12.5. The van der Waals surface area contributed by atoms with Crippen molar-refractivity contribution in [2.24, 2.45) is 0 Å². The van der Waals surface area contributed by atoms with Crippen LogP contribution in [0.2, 0.25) is 0 Å². The number of hydrogen-bond donors (Lipinski definition) is 2. The first kappa shape index (κ1) is 16.2. The number of carbonyl (C=O) groups excluding carboxylic acids is 1. The lowest BCUT2D eigenvalue weighted by Gasteiger charge is -2.18. The average molecular weight is 308 g/mol. The smallest absolute Gasteiger partial charge is 0.235 e. The summed E-state index contributed by atoms with van der Waals surface area (Å²) in [7, 11) is -1.13. The highest BCUT2D eigenvalue weighted by Gasteiger charge is 2.27. The predicted molar refractivity (Wildman–Crippen MR) is 86.7 cm³/mol. The maximum absolute atomic E-state index is 12.2. The number of benzene rings is 1. The lowest BCUT2D eigenvalue weighted by Crippen LogP contribution is -2.41. The molecule has 116 valence electrons. The fraction of sp³-hybridized carbons (Fsp3) is 0.562. The highest BCUT2D eigenvalue weighted by Crippen LogP contribution is 2.14. The van der Waals surface area contributed by atoms with E-state index in [0.29, 0.717) is 19.0 Å². The molecule has 1 aliphatic heterocycles. The van der Waals surface area contributed by atoms with Gasteiger partial charge in [-0.25, -0.2) is 0 Å². The number of hydrogen-bond acceptors (Lipinski definition) is 3.